The maximum atomic E-state index is 13.0. The van der Waals surface area contributed by atoms with E-state index in [1.165, 1.54) is 0 Å². The van der Waals surface area contributed by atoms with E-state index in [4.69, 9.17) is 11.6 Å². The zero-order chi connectivity index (χ0) is 19.8. The molecule has 2 aromatic carbocycles. The average molecular weight is 406 g/mol. The summed E-state index contributed by atoms with van der Waals surface area (Å²) in [5, 5.41) is 9.24. The highest BCUT2D eigenvalue weighted by molar-refractivity contribution is 6.30. The number of amides is 1. The largest absolute Gasteiger partial charge is 0.360 e. The summed E-state index contributed by atoms with van der Waals surface area (Å²) in [6.45, 7) is 2.83. The van der Waals surface area contributed by atoms with Crippen LogP contribution in [0.3, 0.4) is 0 Å². The van der Waals surface area contributed by atoms with E-state index in [9.17, 15) is 4.79 Å². The molecule has 2 aromatic heterocycles. The number of nitrogens with one attached hydrogen (secondary N) is 2. The molecule has 0 unspecified atom stereocenters. The van der Waals surface area contributed by atoms with Crippen LogP contribution in [0.2, 0.25) is 5.02 Å². The van der Waals surface area contributed by atoms with Crippen LogP contribution in [0.25, 0.3) is 22.2 Å². The molecule has 2 N–H and O–H groups in total. The molecule has 0 atom stereocenters. The van der Waals surface area contributed by atoms with Crippen molar-refractivity contribution in [2.75, 3.05) is 31.1 Å². The Morgan fingerprint density at radius 2 is 1.76 bits per heavy atom. The van der Waals surface area contributed by atoms with Gasteiger partial charge in [-0.3, -0.25) is 9.89 Å². The lowest BCUT2D eigenvalue weighted by molar-refractivity contribution is 0.0748. The van der Waals surface area contributed by atoms with Crippen LogP contribution in [-0.2, 0) is 0 Å². The lowest BCUT2D eigenvalue weighted by Gasteiger charge is -2.34. The van der Waals surface area contributed by atoms with Gasteiger partial charge >= 0.3 is 0 Å². The maximum Gasteiger partial charge on any atom is 0.256 e. The summed E-state index contributed by atoms with van der Waals surface area (Å²) in [6.07, 6.45) is 1.81. The van der Waals surface area contributed by atoms with Gasteiger partial charge in [-0.1, -0.05) is 41.9 Å². The number of para-hydroxylation sites is 1. The Morgan fingerprint density at radius 3 is 2.55 bits per heavy atom. The molecular weight excluding hydrogens is 386 g/mol. The number of hydrogen-bond acceptors (Lipinski definition) is 3. The first-order chi connectivity index (χ1) is 14.2. The number of carbonyl (C=O) groups excluding carboxylic acids is 1. The van der Waals surface area contributed by atoms with Crippen LogP contribution < -0.4 is 4.90 Å². The van der Waals surface area contributed by atoms with E-state index in [2.05, 4.69) is 20.1 Å². The zero-order valence-corrected chi connectivity index (χ0v) is 16.5. The molecule has 0 bridgehead atoms. The van der Waals surface area contributed by atoms with Crippen molar-refractivity contribution in [3.8, 4) is 11.3 Å². The van der Waals surface area contributed by atoms with Gasteiger partial charge in [-0.05, 0) is 23.8 Å². The fraction of sp³-hybridized carbons (Fsp3) is 0.182. The standard InChI is InChI=1S/C22H20ClN5O/c23-16-7-5-15(6-8-16)20-13-21(26-25-20)27-9-11-28(12-10-27)22(29)18-14-24-19-4-2-1-3-17(18)19/h1-8,13-14,24H,9-12H2,(H,25,26). The van der Waals surface area contributed by atoms with Crippen molar-refractivity contribution in [3.63, 3.8) is 0 Å². The highest BCUT2D eigenvalue weighted by atomic mass is 35.5. The third kappa shape index (κ3) is 3.36. The van der Waals surface area contributed by atoms with Gasteiger partial charge in [0.2, 0.25) is 0 Å². The highest BCUT2D eigenvalue weighted by Crippen LogP contribution is 2.25. The number of piperazine rings is 1. The first kappa shape index (κ1) is 17.8. The van der Waals surface area contributed by atoms with Crippen molar-refractivity contribution >= 4 is 34.2 Å². The maximum absolute atomic E-state index is 13.0. The van der Waals surface area contributed by atoms with Gasteiger partial charge in [0.15, 0.2) is 5.82 Å². The first-order valence-electron chi connectivity index (χ1n) is 9.61. The van der Waals surface area contributed by atoms with Crippen molar-refractivity contribution in [2.24, 2.45) is 0 Å². The summed E-state index contributed by atoms with van der Waals surface area (Å²) in [7, 11) is 0. The fourth-order valence-corrected chi connectivity index (χ4v) is 3.93. The number of aromatic nitrogens is 3. The van der Waals surface area contributed by atoms with Gasteiger partial charge in [0.1, 0.15) is 0 Å². The molecule has 1 amide bonds. The van der Waals surface area contributed by atoms with E-state index in [-0.39, 0.29) is 5.91 Å². The lowest BCUT2D eigenvalue weighted by Crippen LogP contribution is -2.48. The van der Waals surface area contributed by atoms with Gasteiger partial charge < -0.3 is 14.8 Å². The highest BCUT2D eigenvalue weighted by Gasteiger charge is 2.25. The molecule has 0 radical (unpaired) electrons. The number of fused-ring (bicyclic) bond motifs is 1. The minimum atomic E-state index is 0.0750. The molecule has 3 heterocycles. The average Bonchev–Trinajstić information content (AvgIpc) is 3.42. The monoisotopic (exact) mass is 405 g/mol. The molecule has 7 heteroatoms. The Labute approximate surface area is 173 Å². The fourth-order valence-electron chi connectivity index (χ4n) is 3.81. The van der Waals surface area contributed by atoms with Gasteiger partial charge in [0.05, 0.1) is 11.3 Å². The van der Waals surface area contributed by atoms with Crippen LogP contribution >= 0.6 is 11.6 Å². The smallest absolute Gasteiger partial charge is 0.256 e. The molecular formula is C22H20ClN5O. The normalized spacial score (nSPS) is 14.5. The molecule has 146 valence electrons. The van der Waals surface area contributed by atoms with Crippen molar-refractivity contribution < 1.29 is 4.79 Å². The summed E-state index contributed by atoms with van der Waals surface area (Å²) >= 11 is 5.97. The van der Waals surface area contributed by atoms with Gasteiger partial charge in [0.25, 0.3) is 5.91 Å². The Bertz CT molecular complexity index is 1160. The Balaban J connectivity index is 1.27. The number of carbonyl (C=O) groups is 1. The predicted octanol–water partition coefficient (Wildman–Crippen LogP) is 4.17. The minimum Gasteiger partial charge on any atom is -0.360 e. The molecule has 29 heavy (non-hydrogen) atoms. The molecule has 0 aliphatic carbocycles. The van der Waals surface area contributed by atoms with E-state index in [0.717, 1.165) is 46.6 Å². The second kappa shape index (κ2) is 7.29. The van der Waals surface area contributed by atoms with Gasteiger partial charge in [-0.25, -0.2) is 0 Å². The predicted molar refractivity (Wildman–Crippen MR) is 115 cm³/mol. The molecule has 1 aliphatic rings. The number of nitrogens with zero attached hydrogens (tertiary/aromatic N) is 3. The van der Waals surface area contributed by atoms with Crippen molar-refractivity contribution in [3.05, 3.63) is 71.4 Å². The van der Waals surface area contributed by atoms with Crippen LogP contribution in [0.4, 0.5) is 5.82 Å². The Kier molecular flexibility index (Phi) is 4.48. The van der Waals surface area contributed by atoms with Crippen LogP contribution in [0.5, 0.6) is 0 Å². The number of anilines is 1. The molecule has 5 rings (SSSR count). The first-order valence-corrected chi connectivity index (χ1v) is 9.98. The quantitative estimate of drug-likeness (QED) is 0.537. The molecule has 0 saturated carbocycles. The SMILES string of the molecule is O=C(c1c[nH]c2ccccc12)N1CCN(c2cc(-c3ccc(Cl)cc3)[nH]n2)CC1. The van der Waals surface area contributed by atoms with Crippen LogP contribution in [0.1, 0.15) is 10.4 Å². The third-order valence-corrected chi connectivity index (χ3v) is 5.68. The Morgan fingerprint density at radius 1 is 1.00 bits per heavy atom. The summed E-state index contributed by atoms with van der Waals surface area (Å²) in [5.41, 5.74) is 3.72. The van der Waals surface area contributed by atoms with E-state index in [1.54, 1.807) is 0 Å². The molecule has 6 nitrogen and oxygen atoms in total. The topological polar surface area (TPSA) is 68.0 Å². The second-order valence-electron chi connectivity index (χ2n) is 7.17. The minimum absolute atomic E-state index is 0.0750. The van der Waals surface area contributed by atoms with E-state index in [1.807, 2.05) is 65.7 Å². The number of aromatic amines is 2. The summed E-state index contributed by atoms with van der Waals surface area (Å²) in [5.74, 6) is 0.972. The summed E-state index contributed by atoms with van der Waals surface area (Å²) < 4.78 is 0. The zero-order valence-electron chi connectivity index (χ0n) is 15.7. The van der Waals surface area contributed by atoms with E-state index < -0.39 is 0 Å². The van der Waals surface area contributed by atoms with Crippen LogP contribution in [0.15, 0.2) is 60.8 Å². The van der Waals surface area contributed by atoms with Crippen molar-refractivity contribution in [1.82, 2.24) is 20.1 Å². The van der Waals surface area contributed by atoms with Crippen molar-refractivity contribution in [2.45, 2.75) is 0 Å². The van der Waals surface area contributed by atoms with E-state index in [0.29, 0.717) is 18.1 Å². The molecule has 1 fully saturated rings. The molecule has 0 spiro atoms. The van der Waals surface area contributed by atoms with Crippen LogP contribution in [0, 0.1) is 0 Å². The number of halogens is 1. The second-order valence-corrected chi connectivity index (χ2v) is 7.61. The summed E-state index contributed by atoms with van der Waals surface area (Å²) in [4.78, 5) is 20.3. The van der Waals surface area contributed by atoms with Gasteiger partial charge in [-0.2, -0.15) is 5.10 Å². The number of rotatable bonds is 3. The molecule has 4 aromatic rings. The van der Waals surface area contributed by atoms with E-state index >= 15 is 0 Å². The number of H-pyrrole nitrogens is 2. The van der Waals surface area contributed by atoms with Crippen molar-refractivity contribution in [1.29, 1.82) is 0 Å². The third-order valence-electron chi connectivity index (χ3n) is 5.43. The summed E-state index contributed by atoms with van der Waals surface area (Å²) in [6, 6.07) is 17.6. The lowest BCUT2D eigenvalue weighted by atomic mass is 10.1. The van der Waals surface area contributed by atoms with Crippen LogP contribution in [-0.4, -0.2) is 52.2 Å². The van der Waals surface area contributed by atoms with Gasteiger partial charge in [-0.15, -0.1) is 0 Å². The molecule has 1 saturated heterocycles. The number of benzene rings is 2. The molecule has 1 aliphatic heterocycles. The Hall–Kier alpha value is -3.25. The number of hydrogen-bond donors (Lipinski definition) is 2. The van der Waals surface area contributed by atoms with Gasteiger partial charge in [0, 0.05) is 54.4 Å².